The quantitative estimate of drug-likeness (QED) is 0.0975. The Morgan fingerprint density at radius 3 is 1.64 bits per heavy atom. The number of halogens is 1. The second-order valence-corrected chi connectivity index (χ2v) is 9.90. The Kier molecular flexibility index (Phi) is 26.8. The Labute approximate surface area is 355 Å². The molecule has 23 heteroatoms. The molecule has 1 fully saturated rings. The van der Waals surface area contributed by atoms with E-state index in [0.717, 1.165) is 13.2 Å². The SMILES string of the molecule is C1CCOC1.CCOC(=O)c1cc(-n2ccnc2)ncn1.CCOC(=O)c1cc(Cl)ncn1.O=C(O)c1cc(-n2ccnc2)ncn1.[H-].[Li+].[Na+].[OH-].c1c[nH]cn1. The standard InChI is InChI=1S/C10H10N4O2.C8H6N4O2.C7H7ClN2O2.C4H8O.C3H4N2.Li.Na.H2O.H/c1-2-16-10(15)8-5-9(13-6-12-8)14-4-3-11-7-14;13-8(14)6-3-7(11-4-10-6)12-2-1-9-5-12;1-2-12-7(11)5-3-6(8)10-4-9-5;1-2-4-5-3-1;1-2-5-3-4-1;;;;/h3-7H,2H2,1H3;1-5H,(H,13,14);3-4H,2H2,1H3;1-4H2;1-3H,(H,4,5);;;1H2;/q;;;;;2*+1;;-1/p-1. The topological polar surface area (TPSA) is 271 Å². The number of imidazole rings is 3. The van der Waals surface area contributed by atoms with Crippen molar-refractivity contribution in [1.82, 2.24) is 59.0 Å². The third-order valence-corrected chi connectivity index (χ3v) is 6.11. The van der Waals surface area contributed by atoms with E-state index in [2.05, 4.69) is 49.8 Å². The van der Waals surface area contributed by atoms with E-state index in [0.29, 0.717) is 24.8 Å². The van der Waals surface area contributed by atoms with Gasteiger partial charge in [0.2, 0.25) is 0 Å². The van der Waals surface area contributed by atoms with Crippen molar-refractivity contribution in [3.8, 4) is 11.6 Å². The van der Waals surface area contributed by atoms with E-state index in [9.17, 15) is 14.4 Å². The van der Waals surface area contributed by atoms with E-state index >= 15 is 0 Å². The van der Waals surface area contributed by atoms with Gasteiger partial charge in [-0.15, -0.1) is 0 Å². The minimum Gasteiger partial charge on any atom is -1.00 e. The first kappa shape index (κ1) is 50.1. The zero-order valence-electron chi connectivity index (χ0n) is 31.5. The van der Waals surface area contributed by atoms with Crippen LogP contribution in [0.3, 0.4) is 0 Å². The van der Waals surface area contributed by atoms with Gasteiger partial charge in [-0.05, 0) is 26.7 Å². The average Bonchev–Trinajstić information content (AvgIpc) is 4.03. The third kappa shape index (κ3) is 19.3. The van der Waals surface area contributed by atoms with Crippen LogP contribution >= 0.6 is 11.6 Å². The van der Waals surface area contributed by atoms with Gasteiger partial charge in [0.25, 0.3) is 0 Å². The van der Waals surface area contributed by atoms with E-state index in [1.54, 1.807) is 78.9 Å². The Bertz CT molecular complexity index is 1890. The molecule has 0 aromatic carbocycles. The first-order chi connectivity index (χ1) is 25.3. The number of hydrogen-bond donors (Lipinski definition) is 2. The minimum absolute atomic E-state index is 0. The van der Waals surface area contributed by atoms with Crippen molar-refractivity contribution in [3.05, 3.63) is 116 Å². The summed E-state index contributed by atoms with van der Waals surface area (Å²) < 4.78 is 17.8. The molecule has 0 bridgehead atoms. The molecule has 6 aromatic heterocycles. The number of carbonyl (C=O) groups excluding carboxylic acids is 2. The fourth-order valence-electron chi connectivity index (χ4n) is 3.58. The summed E-state index contributed by atoms with van der Waals surface area (Å²) in [6.45, 7) is 6.11. The largest absolute Gasteiger partial charge is 1.00 e. The van der Waals surface area contributed by atoms with Crippen LogP contribution in [0.5, 0.6) is 0 Å². The summed E-state index contributed by atoms with van der Waals surface area (Å²) in [6.07, 6.45) is 21.1. The van der Waals surface area contributed by atoms with Crippen LogP contribution in [-0.2, 0) is 14.2 Å². The van der Waals surface area contributed by atoms with Crippen LogP contribution in [0.2, 0.25) is 5.15 Å². The number of carbonyl (C=O) groups is 3. The van der Waals surface area contributed by atoms with Crippen molar-refractivity contribution >= 4 is 29.5 Å². The van der Waals surface area contributed by atoms with E-state index in [4.69, 9.17) is 30.9 Å². The summed E-state index contributed by atoms with van der Waals surface area (Å²) in [7, 11) is 0. The summed E-state index contributed by atoms with van der Waals surface area (Å²) >= 11 is 5.53. The molecule has 7 heterocycles. The van der Waals surface area contributed by atoms with E-state index in [1.807, 2.05) is 0 Å². The summed E-state index contributed by atoms with van der Waals surface area (Å²) in [5, 5.41) is 8.92. The average molecular weight is 783 g/mol. The molecule has 20 nitrogen and oxygen atoms in total. The number of aromatic amines is 1. The van der Waals surface area contributed by atoms with Gasteiger partial charge < -0.3 is 31.2 Å². The molecule has 0 saturated carbocycles. The molecule has 1 saturated heterocycles. The van der Waals surface area contributed by atoms with E-state index in [1.165, 1.54) is 50.3 Å². The molecular weight excluding hydrogens is 746 g/mol. The monoisotopic (exact) mass is 782 g/mol. The van der Waals surface area contributed by atoms with Gasteiger partial charge in [0.1, 0.15) is 48.4 Å². The fourth-order valence-corrected chi connectivity index (χ4v) is 3.72. The van der Waals surface area contributed by atoms with Crippen molar-refractivity contribution in [2.24, 2.45) is 0 Å². The Hall–Kier alpha value is -4.91. The van der Waals surface area contributed by atoms with Crippen molar-refractivity contribution in [2.45, 2.75) is 26.7 Å². The second kappa shape index (κ2) is 29.4. The molecule has 0 aliphatic carbocycles. The number of aromatic nitrogens is 12. The number of carboxylic acids is 1. The zero-order valence-corrected chi connectivity index (χ0v) is 33.3. The number of carboxylic acid groups (broad SMARTS) is 1. The van der Waals surface area contributed by atoms with Gasteiger partial charge in [-0.1, -0.05) is 11.6 Å². The minimum atomic E-state index is -1.08. The van der Waals surface area contributed by atoms with Gasteiger partial charge >= 0.3 is 66.3 Å². The summed E-state index contributed by atoms with van der Waals surface area (Å²) in [5.41, 5.74) is 0.376. The number of hydrogen-bond acceptors (Lipinski definition) is 16. The van der Waals surface area contributed by atoms with Crippen molar-refractivity contribution in [3.63, 3.8) is 0 Å². The third-order valence-electron chi connectivity index (χ3n) is 5.90. The molecule has 1 aliphatic rings. The maximum Gasteiger partial charge on any atom is 1.00 e. The number of rotatable bonds is 7. The summed E-state index contributed by atoms with van der Waals surface area (Å²) in [6, 6.07) is 4.29. The molecular formula is C32H37ClLiN12NaO8. The molecule has 1 aliphatic heterocycles. The molecule has 3 N–H and O–H groups in total. The van der Waals surface area contributed by atoms with Crippen LogP contribution in [0.25, 0.3) is 11.6 Å². The Morgan fingerprint density at radius 2 is 1.27 bits per heavy atom. The van der Waals surface area contributed by atoms with Gasteiger partial charge in [0, 0.05) is 68.6 Å². The molecule has 0 spiro atoms. The Balaban J connectivity index is 0. The van der Waals surface area contributed by atoms with Crippen LogP contribution in [0, 0.1) is 0 Å². The van der Waals surface area contributed by atoms with Crippen LogP contribution in [0.15, 0.2) is 93.3 Å². The smallest absolute Gasteiger partial charge is 1.00 e. The number of H-pyrrole nitrogens is 1. The van der Waals surface area contributed by atoms with Crippen LogP contribution < -0.4 is 48.4 Å². The van der Waals surface area contributed by atoms with Gasteiger partial charge in [-0.3, -0.25) is 9.13 Å². The molecule has 0 atom stereocenters. The van der Waals surface area contributed by atoms with Crippen LogP contribution in [0.1, 0.15) is 59.6 Å². The first-order valence-electron chi connectivity index (χ1n) is 15.5. The number of nitrogens with one attached hydrogen (secondary N) is 1. The number of ether oxygens (including phenoxy) is 3. The first-order valence-corrected chi connectivity index (χ1v) is 15.9. The predicted octanol–water partition coefficient (Wildman–Crippen LogP) is -2.34. The molecule has 7 rings (SSSR count). The fraction of sp³-hybridized carbons (Fsp3) is 0.250. The molecule has 55 heavy (non-hydrogen) atoms. The van der Waals surface area contributed by atoms with Crippen LogP contribution in [-0.4, -0.2) is 114 Å². The van der Waals surface area contributed by atoms with Gasteiger partial charge in [-0.25, -0.2) is 59.2 Å². The Morgan fingerprint density at radius 1 is 0.782 bits per heavy atom. The molecule has 0 amide bonds. The molecule has 0 unspecified atom stereocenters. The summed E-state index contributed by atoms with van der Waals surface area (Å²) in [5.74, 6) is -0.952. The number of aromatic carboxylic acids is 1. The molecule has 0 radical (unpaired) electrons. The second-order valence-electron chi connectivity index (χ2n) is 9.51. The zero-order chi connectivity index (χ0) is 37.4. The van der Waals surface area contributed by atoms with Crippen molar-refractivity contribution in [2.75, 3.05) is 26.4 Å². The number of nitrogens with zero attached hydrogens (tertiary/aromatic N) is 11. The van der Waals surface area contributed by atoms with E-state index in [-0.39, 0.29) is 77.6 Å². The predicted molar refractivity (Wildman–Crippen MR) is 186 cm³/mol. The van der Waals surface area contributed by atoms with Gasteiger partial charge in [0.05, 0.1) is 19.5 Å². The van der Waals surface area contributed by atoms with E-state index < -0.39 is 17.9 Å². The number of esters is 2. The maximum atomic E-state index is 11.4. The van der Waals surface area contributed by atoms with Gasteiger partial charge in [-0.2, -0.15) is 0 Å². The normalized spacial score (nSPS) is 10.5. The van der Waals surface area contributed by atoms with Crippen molar-refractivity contribution < 1.29 is 89.0 Å². The summed E-state index contributed by atoms with van der Waals surface area (Å²) in [4.78, 5) is 69.9. The van der Waals surface area contributed by atoms with Crippen LogP contribution in [0.4, 0.5) is 0 Å². The van der Waals surface area contributed by atoms with Crippen molar-refractivity contribution in [1.29, 1.82) is 0 Å². The molecule has 6 aromatic rings. The van der Waals surface area contributed by atoms with Gasteiger partial charge in [0.15, 0.2) is 17.1 Å². The molecule has 282 valence electrons. The maximum absolute atomic E-state index is 11.4.